The fourth-order valence-corrected chi connectivity index (χ4v) is 3.93. The molecule has 3 aromatic rings. The molecule has 0 saturated heterocycles. The highest BCUT2D eigenvalue weighted by molar-refractivity contribution is 5.79. The highest BCUT2D eigenvalue weighted by atomic mass is 16.5. The molecule has 0 saturated carbocycles. The maximum atomic E-state index is 12.5. The number of carbonyl (C=O) groups excluding carboxylic acids is 1. The number of amides is 1. The molecular weight excluding hydrogens is 366 g/mol. The summed E-state index contributed by atoms with van der Waals surface area (Å²) in [5, 5.41) is 22.3. The van der Waals surface area contributed by atoms with E-state index in [1.165, 1.54) is 23.3 Å². The Morgan fingerprint density at radius 2 is 1.52 bits per heavy atom. The van der Waals surface area contributed by atoms with Crippen molar-refractivity contribution in [2.75, 3.05) is 6.61 Å². The first kappa shape index (κ1) is 19.0. The number of carbonyl (C=O) groups is 1. The number of benzene rings is 3. The number of ether oxygens (including phenoxy) is 1. The number of alkyl carbamates (subject to hydrolysis) is 1. The monoisotopic (exact) mass is 389 g/mol. The van der Waals surface area contributed by atoms with E-state index < -0.39 is 18.2 Å². The van der Waals surface area contributed by atoms with E-state index >= 15 is 0 Å². The molecular formula is C24H23NO4. The molecule has 1 aliphatic carbocycles. The molecule has 3 aromatic carbocycles. The van der Waals surface area contributed by atoms with Crippen LogP contribution in [0.25, 0.3) is 11.1 Å². The minimum atomic E-state index is -0.819. The van der Waals surface area contributed by atoms with Crippen LogP contribution in [0.2, 0.25) is 0 Å². The molecule has 0 radical (unpaired) electrons. The second kappa shape index (κ2) is 7.97. The summed E-state index contributed by atoms with van der Waals surface area (Å²) >= 11 is 0. The fraction of sp³-hybridized carbons (Fsp3) is 0.208. The van der Waals surface area contributed by atoms with Gasteiger partial charge in [-0.2, -0.15) is 0 Å². The lowest BCUT2D eigenvalue weighted by Gasteiger charge is -2.22. The molecule has 0 spiro atoms. The molecule has 0 fully saturated rings. The van der Waals surface area contributed by atoms with Crippen LogP contribution in [0.15, 0.2) is 72.8 Å². The Balaban J connectivity index is 1.47. The summed E-state index contributed by atoms with van der Waals surface area (Å²) in [5.74, 6) is 0.103. The summed E-state index contributed by atoms with van der Waals surface area (Å²) < 4.78 is 5.55. The van der Waals surface area contributed by atoms with Crippen molar-refractivity contribution >= 4 is 6.09 Å². The van der Waals surface area contributed by atoms with Crippen molar-refractivity contribution in [3.8, 4) is 16.9 Å². The molecule has 0 aliphatic heterocycles. The van der Waals surface area contributed by atoms with Crippen molar-refractivity contribution in [2.45, 2.75) is 25.0 Å². The number of aliphatic hydroxyl groups is 1. The third-order valence-corrected chi connectivity index (χ3v) is 5.35. The Bertz CT molecular complexity index is 968. The lowest BCUT2D eigenvalue weighted by Crippen LogP contribution is -2.36. The summed E-state index contributed by atoms with van der Waals surface area (Å²) in [7, 11) is 0. The van der Waals surface area contributed by atoms with Gasteiger partial charge >= 0.3 is 6.09 Å². The minimum absolute atomic E-state index is 0.0215. The van der Waals surface area contributed by atoms with Crippen LogP contribution in [0.1, 0.15) is 35.6 Å². The molecule has 1 aliphatic rings. The van der Waals surface area contributed by atoms with E-state index in [2.05, 4.69) is 29.6 Å². The van der Waals surface area contributed by atoms with Crippen molar-refractivity contribution in [1.82, 2.24) is 5.32 Å². The number of hydrogen-bond donors (Lipinski definition) is 3. The topological polar surface area (TPSA) is 78.8 Å². The van der Waals surface area contributed by atoms with Gasteiger partial charge in [0.05, 0.1) is 12.1 Å². The first-order valence-electron chi connectivity index (χ1n) is 9.63. The number of phenolic OH excluding ortho intramolecular Hbond substituents is 1. The maximum Gasteiger partial charge on any atom is 0.407 e. The van der Waals surface area contributed by atoms with E-state index in [0.717, 1.165) is 11.1 Å². The van der Waals surface area contributed by atoms with Gasteiger partial charge in [0.2, 0.25) is 0 Å². The lowest BCUT2D eigenvalue weighted by atomic mass is 9.98. The molecule has 3 N–H and O–H groups in total. The van der Waals surface area contributed by atoms with Crippen LogP contribution in [-0.4, -0.2) is 29.0 Å². The van der Waals surface area contributed by atoms with E-state index in [4.69, 9.17) is 4.74 Å². The number of phenols is 1. The average molecular weight is 389 g/mol. The van der Waals surface area contributed by atoms with Crippen LogP contribution >= 0.6 is 0 Å². The SMILES string of the molecule is C[C@@H](O)C(NC(=O)OCC1c2ccccc2-c2ccccc21)c1ccc(O)cc1. The van der Waals surface area contributed by atoms with Gasteiger partial charge < -0.3 is 20.3 Å². The Morgan fingerprint density at radius 3 is 2.07 bits per heavy atom. The summed E-state index contributed by atoms with van der Waals surface area (Å²) in [6.45, 7) is 1.81. The molecule has 1 amide bonds. The van der Waals surface area contributed by atoms with E-state index in [1.807, 2.05) is 24.3 Å². The van der Waals surface area contributed by atoms with Gasteiger partial charge in [0.15, 0.2) is 0 Å². The van der Waals surface area contributed by atoms with Crippen molar-refractivity contribution in [3.63, 3.8) is 0 Å². The number of hydrogen-bond acceptors (Lipinski definition) is 4. The Kier molecular flexibility index (Phi) is 5.23. The summed E-state index contributed by atoms with van der Waals surface area (Å²) in [4.78, 5) is 12.5. The number of aromatic hydroxyl groups is 1. The van der Waals surface area contributed by atoms with Crippen LogP contribution < -0.4 is 5.32 Å². The number of nitrogens with one attached hydrogen (secondary N) is 1. The smallest absolute Gasteiger partial charge is 0.407 e. The predicted octanol–water partition coefficient (Wildman–Crippen LogP) is 4.35. The zero-order chi connectivity index (χ0) is 20.4. The van der Waals surface area contributed by atoms with Crippen molar-refractivity contribution in [3.05, 3.63) is 89.5 Å². The van der Waals surface area contributed by atoms with Gasteiger partial charge in [0.1, 0.15) is 12.4 Å². The van der Waals surface area contributed by atoms with Gasteiger partial charge in [-0.05, 0) is 46.9 Å². The van der Waals surface area contributed by atoms with Crippen LogP contribution in [0.3, 0.4) is 0 Å². The Morgan fingerprint density at radius 1 is 0.966 bits per heavy atom. The van der Waals surface area contributed by atoms with E-state index in [0.29, 0.717) is 5.56 Å². The fourth-order valence-electron chi connectivity index (χ4n) is 3.93. The second-order valence-corrected chi connectivity index (χ2v) is 7.28. The van der Waals surface area contributed by atoms with E-state index in [-0.39, 0.29) is 18.3 Å². The minimum Gasteiger partial charge on any atom is -0.508 e. The lowest BCUT2D eigenvalue weighted by molar-refractivity contribution is 0.112. The Hall–Kier alpha value is -3.31. The molecule has 0 bridgehead atoms. The number of fused-ring (bicyclic) bond motifs is 3. The number of rotatable bonds is 5. The highest BCUT2D eigenvalue weighted by Crippen LogP contribution is 2.44. The van der Waals surface area contributed by atoms with Gasteiger partial charge in [-0.3, -0.25) is 0 Å². The zero-order valence-corrected chi connectivity index (χ0v) is 16.1. The summed E-state index contributed by atoms with van der Waals surface area (Å²) in [6, 6.07) is 22.0. The van der Waals surface area contributed by atoms with Crippen LogP contribution in [0, 0.1) is 0 Å². The predicted molar refractivity (Wildman–Crippen MR) is 111 cm³/mol. The largest absolute Gasteiger partial charge is 0.508 e. The second-order valence-electron chi connectivity index (χ2n) is 7.28. The molecule has 5 heteroatoms. The van der Waals surface area contributed by atoms with Crippen molar-refractivity contribution in [1.29, 1.82) is 0 Å². The standard InChI is InChI=1S/C24H23NO4/c1-15(26)23(16-10-12-17(27)13-11-16)25-24(28)29-14-22-20-8-4-2-6-18(20)19-7-3-5-9-21(19)22/h2-13,15,22-23,26-27H,14H2,1H3,(H,25,28)/t15-,23?/m1/s1. The highest BCUT2D eigenvalue weighted by Gasteiger charge is 2.29. The van der Waals surface area contributed by atoms with Gasteiger partial charge in [0.25, 0.3) is 0 Å². The Labute approximate surface area is 169 Å². The van der Waals surface area contributed by atoms with E-state index in [1.54, 1.807) is 19.1 Å². The zero-order valence-electron chi connectivity index (χ0n) is 16.1. The van der Waals surface area contributed by atoms with Crippen molar-refractivity contribution in [2.24, 2.45) is 0 Å². The third-order valence-electron chi connectivity index (χ3n) is 5.35. The van der Waals surface area contributed by atoms with Gasteiger partial charge in [-0.25, -0.2) is 4.79 Å². The molecule has 0 aromatic heterocycles. The summed E-state index contributed by atoms with van der Waals surface area (Å²) in [5.41, 5.74) is 5.32. The quantitative estimate of drug-likeness (QED) is 0.606. The first-order chi connectivity index (χ1) is 14.0. The first-order valence-corrected chi connectivity index (χ1v) is 9.63. The third kappa shape index (κ3) is 3.82. The van der Waals surface area contributed by atoms with Gasteiger partial charge in [-0.15, -0.1) is 0 Å². The molecule has 0 heterocycles. The molecule has 1 unspecified atom stereocenters. The van der Waals surface area contributed by atoms with Crippen LogP contribution in [0.5, 0.6) is 5.75 Å². The summed E-state index contributed by atoms with van der Waals surface area (Å²) in [6.07, 6.45) is -1.41. The molecule has 2 atom stereocenters. The number of aliphatic hydroxyl groups excluding tert-OH is 1. The van der Waals surface area contributed by atoms with Gasteiger partial charge in [-0.1, -0.05) is 60.7 Å². The average Bonchev–Trinajstić information content (AvgIpc) is 3.05. The van der Waals surface area contributed by atoms with Crippen LogP contribution in [0.4, 0.5) is 4.79 Å². The molecule has 4 rings (SSSR count). The molecule has 5 nitrogen and oxygen atoms in total. The van der Waals surface area contributed by atoms with Crippen molar-refractivity contribution < 1.29 is 19.7 Å². The normalized spacial score (nSPS) is 14.6. The molecule has 29 heavy (non-hydrogen) atoms. The maximum absolute atomic E-state index is 12.5. The van der Waals surface area contributed by atoms with Gasteiger partial charge in [0, 0.05) is 5.92 Å². The van der Waals surface area contributed by atoms with Crippen LogP contribution in [-0.2, 0) is 4.74 Å². The molecule has 148 valence electrons. The van der Waals surface area contributed by atoms with E-state index in [9.17, 15) is 15.0 Å².